The van der Waals surface area contributed by atoms with E-state index >= 15 is 0 Å². The molecule has 0 aliphatic heterocycles. The number of hydrogen-bond acceptors (Lipinski definition) is 6. The number of benzene rings is 1. The molecule has 3 rings (SSSR count). The van der Waals surface area contributed by atoms with Gasteiger partial charge in [0, 0.05) is 18.8 Å². The van der Waals surface area contributed by atoms with E-state index < -0.39 is 0 Å². The van der Waals surface area contributed by atoms with E-state index in [2.05, 4.69) is 47.3 Å². The summed E-state index contributed by atoms with van der Waals surface area (Å²) < 4.78 is 2.00. The Morgan fingerprint density at radius 1 is 1.31 bits per heavy atom. The Morgan fingerprint density at radius 3 is 2.88 bits per heavy atom. The van der Waals surface area contributed by atoms with Crippen molar-refractivity contribution in [3.05, 3.63) is 47.2 Å². The van der Waals surface area contributed by atoms with Gasteiger partial charge in [0.25, 0.3) is 0 Å². The van der Waals surface area contributed by atoms with Crippen molar-refractivity contribution in [1.82, 2.24) is 19.7 Å². The second-order valence-corrected chi connectivity index (χ2v) is 8.31. The number of para-hydroxylation sites is 1. The fraction of sp³-hybridized carbons (Fsp3) is 0.333. The van der Waals surface area contributed by atoms with E-state index in [1.54, 1.807) is 6.20 Å². The van der Waals surface area contributed by atoms with Crippen LogP contribution in [-0.2, 0) is 11.2 Å². The van der Waals surface area contributed by atoms with Crippen LogP contribution in [0.5, 0.6) is 0 Å². The summed E-state index contributed by atoms with van der Waals surface area (Å²) in [5.74, 6) is 0.672. The van der Waals surface area contributed by atoms with Crippen LogP contribution in [0, 0.1) is 12.8 Å². The predicted molar refractivity (Wildman–Crippen MR) is 106 cm³/mol. The minimum atomic E-state index is -0.110. The first-order valence-electron chi connectivity index (χ1n) is 8.37. The maximum atomic E-state index is 12.2. The highest BCUT2D eigenvalue weighted by Gasteiger charge is 2.13. The van der Waals surface area contributed by atoms with Crippen LogP contribution in [0.15, 0.2) is 41.8 Å². The van der Waals surface area contributed by atoms with E-state index in [0.29, 0.717) is 11.0 Å². The van der Waals surface area contributed by atoms with Crippen molar-refractivity contribution in [3.8, 4) is 5.69 Å². The molecule has 0 saturated heterocycles. The zero-order valence-corrected chi connectivity index (χ0v) is 16.6. The molecule has 0 bridgehead atoms. The minimum absolute atomic E-state index is 0.110. The molecule has 3 aromatic rings. The van der Waals surface area contributed by atoms with Crippen molar-refractivity contribution < 1.29 is 4.79 Å². The molecule has 2 aromatic heterocycles. The third-order valence-electron chi connectivity index (χ3n) is 3.61. The fourth-order valence-electron chi connectivity index (χ4n) is 2.43. The van der Waals surface area contributed by atoms with Gasteiger partial charge in [-0.3, -0.25) is 14.7 Å². The van der Waals surface area contributed by atoms with Crippen LogP contribution >= 0.6 is 23.1 Å². The molecular formula is C18H21N5OS2. The molecule has 0 radical (unpaired) electrons. The molecule has 2 heterocycles. The molecule has 1 N–H and O–H groups in total. The first-order valence-corrected chi connectivity index (χ1v) is 10.2. The van der Waals surface area contributed by atoms with Crippen molar-refractivity contribution in [2.45, 2.75) is 32.3 Å². The lowest BCUT2D eigenvalue weighted by Gasteiger charge is -2.09. The van der Waals surface area contributed by atoms with Gasteiger partial charge in [-0.05, 0) is 24.5 Å². The summed E-state index contributed by atoms with van der Waals surface area (Å²) in [5, 5.41) is 13.2. The molecule has 136 valence electrons. The number of carbonyl (C=O) groups is 1. The van der Waals surface area contributed by atoms with Crippen LogP contribution in [0.3, 0.4) is 0 Å². The Labute approximate surface area is 161 Å². The van der Waals surface area contributed by atoms with Crippen LogP contribution in [0.25, 0.3) is 5.69 Å². The standard InChI is InChI=1S/C18H21N5OS2/c1-12(2)10-16-21-22-17(26-16)20-15(24)11-25-18-19-8-9-23(18)14-7-5-4-6-13(14)3/h4-9,12H,10-11H2,1-3H3,(H,20,22,24). The molecule has 1 aromatic carbocycles. The second kappa shape index (κ2) is 8.46. The lowest BCUT2D eigenvalue weighted by molar-refractivity contribution is -0.113. The second-order valence-electron chi connectivity index (χ2n) is 6.30. The number of hydrogen-bond donors (Lipinski definition) is 1. The first kappa shape index (κ1) is 18.6. The summed E-state index contributed by atoms with van der Waals surface area (Å²) in [6.45, 7) is 6.32. The van der Waals surface area contributed by atoms with E-state index in [9.17, 15) is 4.79 Å². The molecule has 0 aliphatic rings. The highest BCUT2D eigenvalue weighted by atomic mass is 32.2. The zero-order valence-electron chi connectivity index (χ0n) is 15.0. The highest BCUT2D eigenvalue weighted by Crippen LogP contribution is 2.23. The lowest BCUT2D eigenvalue weighted by Crippen LogP contribution is -2.14. The van der Waals surface area contributed by atoms with Crippen LogP contribution in [0.1, 0.15) is 24.4 Å². The number of thioether (sulfide) groups is 1. The summed E-state index contributed by atoms with van der Waals surface area (Å²) in [6.07, 6.45) is 4.53. The van der Waals surface area contributed by atoms with Gasteiger partial charge in [0.1, 0.15) is 5.01 Å². The Kier molecular flexibility index (Phi) is 6.05. The average molecular weight is 388 g/mol. The first-order chi connectivity index (χ1) is 12.5. The molecule has 0 atom stereocenters. The number of nitrogens with one attached hydrogen (secondary N) is 1. The van der Waals surface area contributed by atoms with E-state index in [-0.39, 0.29) is 11.7 Å². The number of imidazole rings is 1. The third kappa shape index (κ3) is 4.70. The molecule has 0 spiro atoms. The molecule has 0 unspecified atom stereocenters. The number of amides is 1. The fourth-order valence-corrected chi connectivity index (χ4v) is 4.17. The largest absolute Gasteiger partial charge is 0.300 e. The van der Waals surface area contributed by atoms with Gasteiger partial charge in [-0.25, -0.2) is 4.98 Å². The van der Waals surface area contributed by atoms with Gasteiger partial charge in [-0.1, -0.05) is 55.1 Å². The Bertz CT molecular complexity index is 887. The predicted octanol–water partition coefficient (Wildman–Crippen LogP) is 3.96. The van der Waals surface area contributed by atoms with Crippen molar-refractivity contribution in [3.63, 3.8) is 0 Å². The number of aromatic nitrogens is 4. The molecule has 0 saturated carbocycles. The number of rotatable bonds is 7. The summed E-state index contributed by atoms with van der Waals surface area (Å²) >= 11 is 2.83. The molecule has 1 amide bonds. The van der Waals surface area contributed by atoms with E-state index in [1.165, 1.54) is 23.1 Å². The van der Waals surface area contributed by atoms with Crippen LogP contribution < -0.4 is 5.32 Å². The number of nitrogens with zero attached hydrogens (tertiary/aromatic N) is 4. The van der Waals surface area contributed by atoms with Crippen LogP contribution in [0.2, 0.25) is 0 Å². The summed E-state index contributed by atoms with van der Waals surface area (Å²) in [6, 6.07) is 8.10. The quantitative estimate of drug-likeness (QED) is 0.621. The van der Waals surface area contributed by atoms with Crippen LogP contribution in [0.4, 0.5) is 5.13 Å². The monoisotopic (exact) mass is 387 g/mol. The van der Waals surface area contributed by atoms with E-state index in [4.69, 9.17) is 0 Å². The third-order valence-corrected chi connectivity index (χ3v) is 5.44. The van der Waals surface area contributed by atoms with Crippen LogP contribution in [-0.4, -0.2) is 31.4 Å². The van der Waals surface area contributed by atoms with E-state index in [0.717, 1.165) is 27.8 Å². The number of anilines is 1. The molecule has 0 fully saturated rings. The van der Waals surface area contributed by atoms with Crippen molar-refractivity contribution in [2.24, 2.45) is 5.92 Å². The maximum absolute atomic E-state index is 12.2. The van der Waals surface area contributed by atoms with E-state index in [1.807, 2.05) is 29.0 Å². The Morgan fingerprint density at radius 2 is 2.12 bits per heavy atom. The summed E-state index contributed by atoms with van der Waals surface area (Å²) in [4.78, 5) is 16.6. The maximum Gasteiger partial charge on any atom is 0.236 e. The van der Waals surface area contributed by atoms with Gasteiger partial charge in [-0.2, -0.15) is 0 Å². The number of aryl methyl sites for hydroxylation is 1. The summed E-state index contributed by atoms with van der Waals surface area (Å²) in [5.41, 5.74) is 2.22. The normalized spacial score (nSPS) is 11.1. The molecule has 0 aliphatic carbocycles. The van der Waals surface area contributed by atoms with Crippen molar-refractivity contribution in [1.29, 1.82) is 0 Å². The van der Waals surface area contributed by atoms with Crippen molar-refractivity contribution >= 4 is 34.1 Å². The zero-order chi connectivity index (χ0) is 18.5. The SMILES string of the molecule is Cc1ccccc1-n1ccnc1SCC(=O)Nc1nnc(CC(C)C)s1. The van der Waals surface area contributed by atoms with Gasteiger partial charge in [0.05, 0.1) is 11.4 Å². The molecule has 6 nitrogen and oxygen atoms in total. The molecular weight excluding hydrogens is 366 g/mol. The smallest absolute Gasteiger partial charge is 0.236 e. The van der Waals surface area contributed by atoms with Gasteiger partial charge in [0.15, 0.2) is 5.16 Å². The molecule has 26 heavy (non-hydrogen) atoms. The van der Waals surface area contributed by atoms with Gasteiger partial charge < -0.3 is 0 Å². The minimum Gasteiger partial charge on any atom is -0.300 e. The van der Waals surface area contributed by atoms with Gasteiger partial charge >= 0.3 is 0 Å². The highest BCUT2D eigenvalue weighted by molar-refractivity contribution is 7.99. The van der Waals surface area contributed by atoms with Gasteiger partial charge in [0.2, 0.25) is 11.0 Å². The Balaban J connectivity index is 1.60. The number of carbonyl (C=O) groups excluding carboxylic acids is 1. The van der Waals surface area contributed by atoms with Crippen molar-refractivity contribution in [2.75, 3.05) is 11.1 Å². The topological polar surface area (TPSA) is 72.7 Å². The lowest BCUT2D eigenvalue weighted by atomic mass is 10.1. The molecule has 8 heteroatoms. The average Bonchev–Trinajstić information content (AvgIpc) is 3.22. The Hall–Kier alpha value is -2.19. The van der Waals surface area contributed by atoms with Gasteiger partial charge in [-0.15, -0.1) is 10.2 Å². The summed E-state index contributed by atoms with van der Waals surface area (Å²) in [7, 11) is 0.